The van der Waals surface area contributed by atoms with Crippen LogP contribution < -0.4 is 4.74 Å². The van der Waals surface area contributed by atoms with E-state index in [1.54, 1.807) is 38.1 Å². The zero-order chi connectivity index (χ0) is 16.1. The molecule has 1 aliphatic heterocycles. The number of ketones is 1. The Balaban J connectivity index is 2.28. The number of benzene rings is 2. The smallest absolute Gasteiger partial charge is 0.208 e. The largest absolute Gasteiger partial charge is 0.508 e. The molecule has 2 aromatic rings. The van der Waals surface area contributed by atoms with Crippen molar-refractivity contribution in [1.29, 1.82) is 0 Å². The van der Waals surface area contributed by atoms with E-state index in [9.17, 15) is 9.90 Å². The lowest BCUT2D eigenvalue weighted by molar-refractivity contribution is 0.0685. The Morgan fingerprint density at radius 2 is 1.86 bits per heavy atom. The first-order valence-corrected chi connectivity index (χ1v) is 6.93. The van der Waals surface area contributed by atoms with E-state index < -0.39 is 5.60 Å². The average Bonchev–Trinajstić information content (AvgIpc) is 2.71. The van der Waals surface area contributed by atoms with Gasteiger partial charge in [-0.05, 0) is 50.1 Å². The number of aromatic hydroxyl groups is 1. The number of ether oxygens (including phenoxy) is 1. The van der Waals surface area contributed by atoms with Gasteiger partial charge in [-0.1, -0.05) is 12.1 Å². The van der Waals surface area contributed by atoms with Gasteiger partial charge in [0.25, 0.3) is 0 Å². The number of carbonyl (C=O) groups is 1. The minimum atomic E-state index is -0.940. The maximum atomic E-state index is 12.4. The van der Waals surface area contributed by atoms with E-state index in [-0.39, 0.29) is 11.5 Å². The Bertz CT molecular complexity index is 844. The lowest BCUT2D eigenvalue weighted by atomic mass is 9.95. The Morgan fingerprint density at radius 1 is 1.18 bits per heavy atom. The van der Waals surface area contributed by atoms with Crippen molar-refractivity contribution >= 4 is 11.5 Å². The minimum absolute atomic E-state index is 0.134. The highest BCUT2D eigenvalue weighted by Gasteiger charge is 2.41. The molecule has 1 N–H and O–H groups in total. The molecule has 0 spiro atoms. The predicted molar refractivity (Wildman–Crippen MR) is 83.6 cm³/mol. The highest BCUT2D eigenvalue weighted by Crippen LogP contribution is 2.45. The van der Waals surface area contributed by atoms with Crippen LogP contribution in [0.25, 0.3) is 16.0 Å². The van der Waals surface area contributed by atoms with Crippen LogP contribution in [-0.2, 0) is 0 Å². The molecule has 0 radical (unpaired) electrons. The van der Waals surface area contributed by atoms with Crippen molar-refractivity contribution in [2.75, 3.05) is 0 Å². The second-order valence-electron chi connectivity index (χ2n) is 5.92. The fourth-order valence-electron chi connectivity index (χ4n) is 2.57. The summed E-state index contributed by atoms with van der Waals surface area (Å²) in [6, 6.07) is 8.51. The van der Waals surface area contributed by atoms with Crippen LogP contribution >= 0.6 is 0 Å². The Kier molecular flexibility index (Phi) is 2.96. The summed E-state index contributed by atoms with van der Waals surface area (Å²) in [5, 5.41) is 9.92. The number of fused-ring (bicyclic) bond motifs is 1. The Morgan fingerprint density at radius 3 is 2.50 bits per heavy atom. The fourth-order valence-corrected chi connectivity index (χ4v) is 2.57. The van der Waals surface area contributed by atoms with E-state index in [1.807, 2.05) is 13.0 Å². The van der Waals surface area contributed by atoms with E-state index in [0.29, 0.717) is 22.6 Å². The van der Waals surface area contributed by atoms with Crippen molar-refractivity contribution in [2.45, 2.75) is 26.4 Å². The molecule has 0 aliphatic carbocycles. The van der Waals surface area contributed by atoms with Crippen molar-refractivity contribution in [3.8, 4) is 22.6 Å². The third-order valence-electron chi connectivity index (χ3n) is 3.87. The number of nitrogens with zero attached hydrogens (tertiary/aromatic N) is 1. The van der Waals surface area contributed by atoms with Gasteiger partial charge in [-0.15, -0.1) is 0 Å². The van der Waals surface area contributed by atoms with Crippen molar-refractivity contribution in [2.24, 2.45) is 0 Å². The standard InChI is InChI=1S/C18H15NO3/c1-10-5-6-11(7-15(10)20)13-8-12(19-4)9-14-16(13)22-18(2,3)17(14)21/h5-9,20H,1-3H3. The van der Waals surface area contributed by atoms with Crippen LogP contribution in [0.15, 0.2) is 30.3 Å². The molecule has 2 aromatic carbocycles. The van der Waals surface area contributed by atoms with Crippen LogP contribution in [-0.4, -0.2) is 16.5 Å². The summed E-state index contributed by atoms with van der Waals surface area (Å²) >= 11 is 0. The normalized spacial score (nSPS) is 15.1. The molecule has 0 saturated heterocycles. The van der Waals surface area contributed by atoms with Gasteiger partial charge < -0.3 is 9.84 Å². The lowest BCUT2D eigenvalue weighted by Crippen LogP contribution is -2.31. The van der Waals surface area contributed by atoms with Gasteiger partial charge in [0.2, 0.25) is 5.78 Å². The number of rotatable bonds is 1. The molecule has 0 amide bonds. The molecule has 0 bridgehead atoms. The molecule has 0 fully saturated rings. The maximum absolute atomic E-state index is 12.4. The molecule has 0 saturated carbocycles. The van der Waals surface area contributed by atoms with Crippen LogP contribution in [0.4, 0.5) is 5.69 Å². The van der Waals surface area contributed by atoms with Crippen molar-refractivity contribution in [3.05, 3.63) is 52.9 Å². The molecule has 22 heavy (non-hydrogen) atoms. The van der Waals surface area contributed by atoms with Gasteiger partial charge in [0.15, 0.2) is 11.3 Å². The monoisotopic (exact) mass is 293 g/mol. The first-order valence-electron chi connectivity index (χ1n) is 6.93. The van der Waals surface area contributed by atoms with Crippen LogP contribution in [0.3, 0.4) is 0 Å². The van der Waals surface area contributed by atoms with Crippen LogP contribution in [0, 0.1) is 13.5 Å². The SMILES string of the molecule is [C-]#[N+]c1cc2c(c(-c3ccc(C)c(O)c3)c1)OC(C)(C)C2=O. The van der Waals surface area contributed by atoms with Crippen molar-refractivity contribution in [1.82, 2.24) is 0 Å². The summed E-state index contributed by atoms with van der Waals surface area (Å²) in [4.78, 5) is 15.8. The van der Waals surface area contributed by atoms with Gasteiger partial charge in [0, 0.05) is 5.56 Å². The zero-order valence-corrected chi connectivity index (χ0v) is 12.6. The van der Waals surface area contributed by atoms with E-state index in [4.69, 9.17) is 11.3 Å². The molecule has 1 aliphatic rings. The molecular formula is C18H15NO3. The second-order valence-corrected chi connectivity index (χ2v) is 5.92. The van der Waals surface area contributed by atoms with Crippen molar-refractivity contribution in [3.63, 3.8) is 0 Å². The van der Waals surface area contributed by atoms with E-state index in [2.05, 4.69) is 4.85 Å². The summed E-state index contributed by atoms with van der Waals surface area (Å²) in [6.45, 7) is 12.5. The molecule has 110 valence electrons. The Labute approximate surface area is 128 Å². The molecule has 3 rings (SSSR count). The molecular weight excluding hydrogens is 278 g/mol. The molecule has 4 heteroatoms. The second kappa shape index (κ2) is 4.60. The summed E-state index contributed by atoms with van der Waals surface area (Å²) in [7, 11) is 0. The summed E-state index contributed by atoms with van der Waals surface area (Å²) in [5.41, 5.74) is 1.99. The van der Waals surface area contributed by atoms with Crippen molar-refractivity contribution < 1.29 is 14.6 Å². The molecule has 0 atom stereocenters. The Hall–Kier alpha value is -2.80. The van der Waals surface area contributed by atoms with E-state index in [1.165, 1.54) is 0 Å². The maximum Gasteiger partial charge on any atom is 0.208 e. The van der Waals surface area contributed by atoms with Crippen LogP contribution in [0.2, 0.25) is 0 Å². The first kappa shape index (κ1) is 14.2. The molecule has 1 heterocycles. The first-order chi connectivity index (χ1) is 10.3. The van der Waals surface area contributed by atoms with Crippen LogP contribution in [0.5, 0.6) is 11.5 Å². The molecule has 0 aromatic heterocycles. The third-order valence-corrected chi connectivity index (χ3v) is 3.87. The highest BCUT2D eigenvalue weighted by atomic mass is 16.5. The van der Waals surface area contributed by atoms with E-state index in [0.717, 1.165) is 11.1 Å². The van der Waals surface area contributed by atoms with Gasteiger partial charge in [-0.25, -0.2) is 4.85 Å². The number of carbonyl (C=O) groups excluding carboxylic acids is 1. The summed E-state index contributed by atoms with van der Waals surface area (Å²) < 4.78 is 5.83. The number of aryl methyl sites for hydroxylation is 1. The van der Waals surface area contributed by atoms with Crippen LogP contribution in [0.1, 0.15) is 29.8 Å². The molecule has 4 nitrogen and oxygen atoms in total. The number of phenols is 1. The zero-order valence-electron chi connectivity index (χ0n) is 12.6. The predicted octanol–water partition coefficient (Wildman–Crippen LogP) is 4.27. The molecule has 0 unspecified atom stereocenters. The number of hydrogen-bond donors (Lipinski definition) is 1. The summed E-state index contributed by atoms with van der Waals surface area (Å²) in [6.07, 6.45) is 0. The minimum Gasteiger partial charge on any atom is -0.508 e. The van der Waals surface area contributed by atoms with Gasteiger partial charge in [-0.3, -0.25) is 4.79 Å². The van der Waals surface area contributed by atoms with Gasteiger partial charge >= 0.3 is 0 Å². The third kappa shape index (κ3) is 2.03. The van der Waals surface area contributed by atoms with Gasteiger partial charge in [-0.2, -0.15) is 0 Å². The lowest BCUT2D eigenvalue weighted by Gasteiger charge is -2.17. The van der Waals surface area contributed by atoms with Gasteiger partial charge in [0.05, 0.1) is 12.1 Å². The highest BCUT2D eigenvalue weighted by molar-refractivity contribution is 6.09. The number of hydrogen-bond acceptors (Lipinski definition) is 3. The summed E-state index contributed by atoms with van der Waals surface area (Å²) in [5.74, 6) is 0.513. The topological polar surface area (TPSA) is 50.9 Å². The quantitative estimate of drug-likeness (QED) is 0.799. The number of Topliss-reactive ketones (excluding diaryl/α,β-unsaturated/α-hetero) is 1. The fraction of sp³-hybridized carbons (Fsp3) is 0.222. The number of phenolic OH excluding ortho intramolecular Hbond substituents is 1. The van der Waals surface area contributed by atoms with Gasteiger partial charge in [0.1, 0.15) is 11.5 Å². The average molecular weight is 293 g/mol. The van der Waals surface area contributed by atoms with E-state index >= 15 is 0 Å².